The molecule has 24 heavy (non-hydrogen) atoms. The number of likely N-dealkylation sites (N-methyl/N-ethyl adjacent to an activating group) is 1. The monoisotopic (exact) mass is 335 g/mol. The van der Waals surface area contributed by atoms with Crippen LogP contribution in [-0.4, -0.2) is 55.5 Å². The number of benzene rings is 1. The molecule has 1 aromatic carbocycles. The van der Waals surface area contributed by atoms with Crippen molar-refractivity contribution in [2.45, 2.75) is 32.7 Å². The molecule has 1 amide bonds. The number of hydrogen-bond acceptors (Lipinski definition) is 3. The molecule has 0 aromatic heterocycles. The van der Waals surface area contributed by atoms with Gasteiger partial charge >= 0.3 is 0 Å². The van der Waals surface area contributed by atoms with E-state index in [1.165, 1.54) is 31.4 Å². The molecular weight excluding hydrogens is 305 g/mol. The van der Waals surface area contributed by atoms with E-state index in [9.17, 15) is 9.18 Å². The molecular formula is C19H30FN3O. The maximum atomic E-state index is 13.3. The Kier molecular flexibility index (Phi) is 7.66. The zero-order chi connectivity index (χ0) is 17.4. The van der Waals surface area contributed by atoms with Gasteiger partial charge in [0.05, 0.1) is 6.54 Å². The largest absolute Gasteiger partial charge is 0.338 e. The van der Waals surface area contributed by atoms with Crippen LogP contribution in [0.2, 0.25) is 0 Å². The highest BCUT2D eigenvalue weighted by atomic mass is 19.1. The van der Waals surface area contributed by atoms with Gasteiger partial charge in [-0.25, -0.2) is 4.39 Å². The van der Waals surface area contributed by atoms with E-state index in [-0.39, 0.29) is 11.7 Å². The third kappa shape index (κ3) is 5.87. The highest BCUT2D eigenvalue weighted by Crippen LogP contribution is 2.20. The summed E-state index contributed by atoms with van der Waals surface area (Å²) in [5.74, 6) is 0.661. The smallest absolute Gasteiger partial charge is 0.237 e. The van der Waals surface area contributed by atoms with Gasteiger partial charge in [-0.05, 0) is 76.5 Å². The first-order chi connectivity index (χ1) is 11.6. The fraction of sp³-hybridized carbons (Fsp3) is 0.632. The zero-order valence-corrected chi connectivity index (χ0v) is 14.9. The minimum absolute atomic E-state index is 0.135. The van der Waals surface area contributed by atoms with Crippen LogP contribution in [0.25, 0.3) is 0 Å². The lowest BCUT2D eigenvalue weighted by Crippen LogP contribution is -2.43. The second-order valence-electron chi connectivity index (χ2n) is 6.65. The molecule has 0 spiro atoms. The van der Waals surface area contributed by atoms with Crippen LogP contribution in [0.3, 0.4) is 0 Å². The lowest BCUT2D eigenvalue weighted by Gasteiger charge is -2.33. The van der Waals surface area contributed by atoms with Crippen LogP contribution >= 0.6 is 0 Å². The predicted octanol–water partition coefficient (Wildman–Crippen LogP) is 2.50. The Balaban J connectivity index is 1.80. The van der Waals surface area contributed by atoms with Crippen molar-refractivity contribution in [1.29, 1.82) is 0 Å². The number of halogens is 1. The summed E-state index contributed by atoms with van der Waals surface area (Å²) >= 11 is 0. The quantitative estimate of drug-likeness (QED) is 0.793. The van der Waals surface area contributed by atoms with E-state index in [1.54, 1.807) is 6.07 Å². The standard InChI is InChI=1S/C19H30FN3O/c1-3-23(14-17-5-4-6-18(20)13-17)19(24)15-22-11-8-16(9-12-22)7-10-21-2/h4-6,13,16,21H,3,7-12,14-15H2,1-2H3. The van der Waals surface area contributed by atoms with Gasteiger partial charge in [0.15, 0.2) is 0 Å². The van der Waals surface area contributed by atoms with E-state index >= 15 is 0 Å². The van der Waals surface area contributed by atoms with Crippen LogP contribution < -0.4 is 5.32 Å². The Morgan fingerprint density at radius 3 is 2.75 bits per heavy atom. The average molecular weight is 335 g/mol. The Bertz CT molecular complexity index is 515. The Labute approximate surface area is 145 Å². The van der Waals surface area contributed by atoms with Gasteiger partial charge in [-0.1, -0.05) is 12.1 Å². The number of carbonyl (C=O) groups is 1. The molecule has 0 aliphatic carbocycles. The molecule has 1 heterocycles. The Hall–Kier alpha value is -1.46. The second kappa shape index (κ2) is 9.74. The summed E-state index contributed by atoms with van der Waals surface area (Å²) in [5, 5.41) is 3.21. The normalized spacial score (nSPS) is 16.3. The van der Waals surface area contributed by atoms with Crippen molar-refractivity contribution in [1.82, 2.24) is 15.1 Å². The van der Waals surface area contributed by atoms with Crippen LogP contribution in [-0.2, 0) is 11.3 Å². The molecule has 0 radical (unpaired) electrons. The van der Waals surface area contributed by atoms with Crippen LogP contribution in [0.4, 0.5) is 4.39 Å². The SMILES string of the molecule is CCN(Cc1cccc(F)c1)C(=O)CN1CCC(CCNC)CC1. The van der Waals surface area contributed by atoms with Gasteiger partial charge in [0.25, 0.3) is 0 Å². The summed E-state index contributed by atoms with van der Waals surface area (Å²) in [6.45, 7) is 6.64. The molecule has 5 heteroatoms. The molecule has 0 bridgehead atoms. The number of carbonyl (C=O) groups excluding carboxylic acids is 1. The molecule has 0 atom stereocenters. The molecule has 0 saturated carbocycles. The number of nitrogens with zero attached hydrogens (tertiary/aromatic N) is 2. The first-order valence-corrected chi connectivity index (χ1v) is 9.01. The van der Waals surface area contributed by atoms with Crippen LogP contribution in [0, 0.1) is 11.7 Å². The van der Waals surface area contributed by atoms with Crippen molar-refractivity contribution in [3.05, 3.63) is 35.6 Å². The number of rotatable bonds is 8. The fourth-order valence-electron chi connectivity index (χ4n) is 3.31. The van der Waals surface area contributed by atoms with Gasteiger partial charge in [0, 0.05) is 13.1 Å². The van der Waals surface area contributed by atoms with Crippen LogP contribution in [0.1, 0.15) is 31.7 Å². The fourth-order valence-corrected chi connectivity index (χ4v) is 3.31. The number of likely N-dealkylation sites (tertiary alicyclic amines) is 1. The van der Waals surface area contributed by atoms with E-state index in [4.69, 9.17) is 0 Å². The van der Waals surface area contributed by atoms with E-state index in [0.29, 0.717) is 19.6 Å². The highest BCUT2D eigenvalue weighted by Gasteiger charge is 2.22. The van der Waals surface area contributed by atoms with Gasteiger partial charge in [0.1, 0.15) is 5.82 Å². The minimum atomic E-state index is -0.250. The van der Waals surface area contributed by atoms with Crippen molar-refractivity contribution in [3.63, 3.8) is 0 Å². The van der Waals surface area contributed by atoms with E-state index in [0.717, 1.165) is 31.1 Å². The molecule has 1 saturated heterocycles. The molecule has 0 unspecified atom stereocenters. The van der Waals surface area contributed by atoms with Crippen molar-refractivity contribution in [2.24, 2.45) is 5.92 Å². The number of piperidine rings is 1. The molecule has 1 aromatic rings. The third-order valence-corrected chi connectivity index (χ3v) is 4.87. The first kappa shape index (κ1) is 18.9. The first-order valence-electron chi connectivity index (χ1n) is 9.01. The van der Waals surface area contributed by atoms with E-state index in [2.05, 4.69) is 10.2 Å². The average Bonchev–Trinajstić information content (AvgIpc) is 2.59. The summed E-state index contributed by atoms with van der Waals surface area (Å²) in [5.41, 5.74) is 0.843. The third-order valence-electron chi connectivity index (χ3n) is 4.87. The molecule has 1 aliphatic heterocycles. The Morgan fingerprint density at radius 1 is 1.38 bits per heavy atom. The maximum Gasteiger partial charge on any atom is 0.237 e. The van der Waals surface area contributed by atoms with Crippen molar-refractivity contribution in [2.75, 3.05) is 39.8 Å². The van der Waals surface area contributed by atoms with Gasteiger partial charge in [-0.3, -0.25) is 9.69 Å². The number of nitrogens with one attached hydrogen (secondary N) is 1. The van der Waals surface area contributed by atoms with Gasteiger partial charge in [-0.2, -0.15) is 0 Å². The molecule has 1 aliphatic rings. The van der Waals surface area contributed by atoms with Gasteiger partial charge < -0.3 is 10.2 Å². The molecule has 134 valence electrons. The predicted molar refractivity (Wildman–Crippen MR) is 95.2 cm³/mol. The van der Waals surface area contributed by atoms with Gasteiger partial charge in [0.2, 0.25) is 5.91 Å². The second-order valence-corrected chi connectivity index (χ2v) is 6.65. The Morgan fingerprint density at radius 2 is 2.12 bits per heavy atom. The summed E-state index contributed by atoms with van der Waals surface area (Å²) in [6, 6.07) is 6.49. The van der Waals surface area contributed by atoms with E-state index in [1.807, 2.05) is 24.9 Å². The topological polar surface area (TPSA) is 35.6 Å². The summed E-state index contributed by atoms with van der Waals surface area (Å²) in [4.78, 5) is 16.6. The van der Waals surface area contributed by atoms with Crippen molar-refractivity contribution in [3.8, 4) is 0 Å². The highest BCUT2D eigenvalue weighted by molar-refractivity contribution is 5.78. The number of hydrogen-bond donors (Lipinski definition) is 1. The summed E-state index contributed by atoms with van der Waals surface area (Å²) in [6.07, 6.45) is 3.56. The van der Waals surface area contributed by atoms with Crippen molar-refractivity contribution >= 4 is 5.91 Å². The molecule has 4 nitrogen and oxygen atoms in total. The molecule has 1 fully saturated rings. The van der Waals surface area contributed by atoms with Crippen LogP contribution in [0.15, 0.2) is 24.3 Å². The lowest BCUT2D eigenvalue weighted by molar-refractivity contribution is -0.133. The van der Waals surface area contributed by atoms with Gasteiger partial charge in [-0.15, -0.1) is 0 Å². The molecule has 2 rings (SSSR count). The zero-order valence-electron chi connectivity index (χ0n) is 14.9. The molecule has 1 N–H and O–H groups in total. The van der Waals surface area contributed by atoms with Crippen LogP contribution in [0.5, 0.6) is 0 Å². The number of amides is 1. The lowest BCUT2D eigenvalue weighted by atomic mass is 9.93. The minimum Gasteiger partial charge on any atom is -0.338 e. The summed E-state index contributed by atoms with van der Waals surface area (Å²) in [7, 11) is 1.99. The van der Waals surface area contributed by atoms with E-state index < -0.39 is 0 Å². The maximum absolute atomic E-state index is 13.3. The van der Waals surface area contributed by atoms with Crippen molar-refractivity contribution < 1.29 is 9.18 Å². The summed E-state index contributed by atoms with van der Waals surface area (Å²) < 4.78 is 13.3.